The van der Waals surface area contributed by atoms with Gasteiger partial charge in [0.1, 0.15) is 0 Å². The third kappa shape index (κ3) is 4.84. The van der Waals surface area contributed by atoms with Gasteiger partial charge in [0.2, 0.25) is 17.2 Å². The van der Waals surface area contributed by atoms with Crippen molar-refractivity contribution in [3.8, 4) is 73.5 Å². The monoisotopic (exact) mass is 716 g/mol. The molecule has 0 atom stereocenters. The first-order valence-corrected chi connectivity index (χ1v) is 17.9. The number of phenolic OH excluding ortho intramolecular Hbond substituents is 5. The number of aromatic nitrogens is 2. The van der Waals surface area contributed by atoms with Crippen LogP contribution >= 0.6 is 0 Å². The minimum absolute atomic E-state index is 0.188. The number of aromatic hydroxyl groups is 5. The molecule has 0 radical (unpaired) electrons. The number of para-hydroxylation sites is 2. The Balaban J connectivity index is 1.20. The van der Waals surface area contributed by atoms with Gasteiger partial charge in [0, 0.05) is 32.9 Å². The van der Waals surface area contributed by atoms with Crippen LogP contribution in [0.1, 0.15) is 0 Å². The van der Waals surface area contributed by atoms with E-state index in [1.165, 1.54) is 5.39 Å². The van der Waals surface area contributed by atoms with Crippen molar-refractivity contribution in [2.24, 2.45) is 0 Å². The smallest absolute Gasteiger partial charge is 0.208 e. The molecular weight excluding hydrogens is 685 g/mol. The van der Waals surface area contributed by atoms with Gasteiger partial charge in [0.15, 0.2) is 11.5 Å². The number of fused-ring (bicyclic) bond motifs is 7. The minimum Gasteiger partial charge on any atom is -0.504 e. The van der Waals surface area contributed by atoms with E-state index in [1.54, 1.807) is 12.1 Å². The van der Waals surface area contributed by atoms with Crippen molar-refractivity contribution >= 4 is 43.6 Å². The molecule has 7 heteroatoms. The molecule has 0 aliphatic heterocycles. The highest BCUT2D eigenvalue weighted by Crippen LogP contribution is 2.55. The zero-order valence-electron chi connectivity index (χ0n) is 29.2. The van der Waals surface area contributed by atoms with Crippen molar-refractivity contribution in [3.05, 3.63) is 164 Å². The highest BCUT2D eigenvalue weighted by Gasteiger charge is 2.25. The molecule has 0 aliphatic carbocycles. The van der Waals surface area contributed by atoms with Gasteiger partial charge in [-0.2, -0.15) is 0 Å². The van der Waals surface area contributed by atoms with Gasteiger partial charge in [-0.3, -0.25) is 0 Å². The van der Waals surface area contributed by atoms with Crippen LogP contribution in [0, 0.1) is 0 Å². The van der Waals surface area contributed by atoms with E-state index < -0.39 is 28.7 Å². The molecule has 10 rings (SSSR count). The fourth-order valence-corrected chi connectivity index (χ4v) is 8.10. The summed E-state index contributed by atoms with van der Waals surface area (Å²) in [6.45, 7) is 0. The molecule has 10 aromatic rings. The quantitative estimate of drug-likeness (QED) is 0.0899. The summed E-state index contributed by atoms with van der Waals surface area (Å²) < 4.78 is 4.74. The standard InChI is InChI=1S/C48H32N2O5/c51-44-41(45(52)47(54)48(55)46(44)53)30-22-20-29(21-23-30)32-13-9-15-34(27-32)50-40-19-7-5-17-36(40)38-25-24-37-35-16-4-6-18-39(35)49(42(37)43(38)50)33-14-8-12-31(26-33)28-10-2-1-3-11-28/h1-27,51-55H. The Kier molecular flexibility index (Phi) is 7.12. The Morgan fingerprint density at radius 2 is 0.691 bits per heavy atom. The van der Waals surface area contributed by atoms with Crippen LogP contribution < -0.4 is 0 Å². The van der Waals surface area contributed by atoms with Gasteiger partial charge in [0.05, 0.1) is 27.6 Å². The largest absolute Gasteiger partial charge is 0.504 e. The van der Waals surface area contributed by atoms with E-state index in [-0.39, 0.29) is 5.56 Å². The Labute approximate surface area is 314 Å². The van der Waals surface area contributed by atoms with Crippen LogP contribution in [0.4, 0.5) is 0 Å². The lowest BCUT2D eigenvalue weighted by Gasteiger charge is -2.15. The van der Waals surface area contributed by atoms with Gasteiger partial charge >= 0.3 is 0 Å². The van der Waals surface area contributed by atoms with Gasteiger partial charge in [0.25, 0.3) is 0 Å². The molecule has 0 amide bonds. The lowest BCUT2D eigenvalue weighted by molar-refractivity contribution is 0.330. The Morgan fingerprint density at radius 3 is 1.20 bits per heavy atom. The number of nitrogens with zero attached hydrogens (tertiary/aromatic N) is 2. The second-order valence-corrected chi connectivity index (χ2v) is 13.7. The maximum atomic E-state index is 10.5. The third-order valence-electron chi connectivity index (χ3n) is 10.7. The first-order chi connectivity index (χ1) is 26.9. The molecule has 264 valence electrons. The molecule has 8 aromatic carbocycles. The summed E-state index contributed by atoms with van der Waals surface area (Å²) in [7, 11) is 0. The number of hydrogen-bond donors (Lipinski definition) is 5. The van der Waals surface area contributed by atoms with Gasteiger partial charge in [-0.15, -0.1) is 0 Å². The van der Waals surface area contributed by atoms with Crippen LogP contribution in [0.5, 0.6) is 28.7 Å². The summed E-state index contributed by atoms with van der Waals surface area (Å²) in [6, 6.07) is 56.1. The van der Waals surface area contributed by atoms with Crippen molar-refractivity contribution in [3.63, 3.8) is 0 Å². The van der Waals surface area contributed by atoms with Crippen LogP contribution in [0.15, 0.2) is 164 Å². The summed E-state index contributed by atoms with van der Waals surface area (Å²) in [4.78, 5) is 0. The molecule has 2 heterocycles. The predicted octanol–water partition coefficient (Wildman–Crippen LogP) is 11.4. The minimum atomic E-state index is -0.990. The maximum Gasteiger partial charge on any atom is 0.208 e. The summed E-state index contributed by atoms with van der Waals surface area (Å²) in [6.07, 6.45) is 0. The van der Waals surface area contributed by atoms with E-state index in [0.717, 1.165) is 71.9 Å². The highest BCUT2D eigenvalue weighted by atomic mass is 16.4. The van der Waals surface area contributed by atoms with Crippen LogP contribution in [0.25, 0.3) is 88.4 Å². The van der Waals surface area contributed by atoms with Crippen molar-refractivity contribution in [1.29, 1.82) is 0 Å². The summed E-state index contributed by atoms with van der Waals surface area (Å²) in [5.74, 6) is -4.28. The zero-order chi connectivity index (χ0) is 37.4. The normalized spacial score (nSPS) is 11.6. The Hall–Kier alpha value is -7.64. The van der Waals surface area contributed by atoms with E-state index in [0.29, 0.717) is 5.56 Å². The molecular formula is C48H32N2O5. The van der Waals surface area contributed by atoms with Crippen LogP contribution in [0.3, 0.4) is 0 Å². The molecule has 55 heavy (non-hydrogen) atoms. The van der Waals surface area contributed by atoms with Gasteiger partial charge < -0.3 is 34.7 Å². The number of phenols is 5. The van der Waals surface area contributed by atoms with E-state index in [2.05, 4.69) is 130 Å². The van der Waals surface area contributed by atoms with Crippen molar-refractivity contribution < 1.29 is 25.5 Å². The third-order valence-corrected chi connectivity index (χ3v) is 10.7. The van der Waals surface area contributed by atoms with Gasteiger partial charge in [-0.05, 0) is 64.2 Å². The fourth-order valence-electron chi connectivity index (χ4n) is 8.10. The molecule has 0 aliphatic rings. The first kappa shape index (κ1) is 32.0. The average Bonchev–Trinajstić information content (AvgIpc) is 3.76. The molecule has 0 bridgehead atoms. The maximum absolute atomic E-state index is 10.5. The Morgan fingerprint density at radius 1 is 0.291 bits per heavy atom. The van der Waals surface area contributed by atoms with E-state index >= 15 is 0 Å². The van der Waals surface area contributed by atoms with Gasteiger partial charge in [-0.1, -0.05) is 127 Å². The van der Waals surface area contributed by atoms with Crippen LogP contribution in [-0.4, -0.2) is 34.7 Å². The summed E-state index contributed by atoms with van der Waals surface area (Å²) >= 11 is 0. The number of benzene rings is 8. The van der Waals surface area contributed by atoms with Crippen molar-refractivity contribution in [1.82, 2.24) is 9.13 Å². The van der Waals surface area contributed by atoms with E-state index in [4.69, 9.17) is 0 Å². The second kappa shape index (κ2) is 12.2. The predicted molar refractivity (Wildman–Crippen MR) is 220 cm³/mol. The van der Waals surface area contributed by atoms with Crippen LogP contribution in [0.2, 0.25) is 0 Å². The SMILES string of the molecule is Oc1c(O)c(O)c(-c2ccc(-c3cccc(-n4c5ccccc5c5ccc6c7ccccc7n(-c7cccc(-c8ccccc8)c7)c6c54)c3)cc2)c(O)c1O. The van der Waals surface area contributed by atoms with E-state index in [1.807, 2.05) is 30.3 Å². The number of hydrogen-bond acceptors (Lipinski definition) is 5. The molecule has 0 spiro atoms. The molecule has 5 N–H and O–H groups in total. The molecule has 7 nitrogen and oxygen atoms in total. The van der Waals surface area contributed by atoms with Crippen molar-refractivity contribution in [2.75, 3.05) is 0 Å². The molecule has 0 saturated heterocycles. The van der Waals surface area contributed by atoms with E-state index in [9.17, 15) is 25.5 Å². The van der Waals surface area contributed by atoms with Crippen LogP contribution in [-0.2, 0) is 0 Å². The fraction of sp³-hybridized carbons (Fsp3) is 0. The molecule has 0 fully saturated rings. The summed E-state index contributed by atoms with van der Waals surface area (Å²) in [5, 5.41) is 55.8. The van der Waals surface area contributed by atoms with Gasteiger partial charge in [-0.25, -0.2) is 0 Å². The lowest BCUT2D eigenvalue weighted by Crippen LogP contribution is -1.99. The molecule has 0 unspecified atom stereocenters. The molecule has 0 saturated carbocycles. The summed E-state index contributed by atoms with van der Waals surface area (Å²) in [5.41, 5.74) is 10.7. The Bertz CT molecular complexity index is 3110. The molecule has 2 aromatic heterocycles. The number of rotatable bonds is 5. The second-order valence-electron chi connectivity index (χ2n) is 13.7. The van der Waals surface area contributed by atoms with Crippen molar-refractivity contribution in [2.45, 2.75) is 0 Å². The zero-order valence-corrected chi connectivity index (χ0v) is 29.2. The lowest BCUT2D eigenvalue weighted by atomic mass is 9.98. The highest BCUT2D eigenvalue weighted by molar-refractivity contribution is 6.23. The first-order valence-electron chi connectivity index (χ1n) is 17.9. The topological polar surface area (TPSA) is 111 Å². The average molecular weight is 717 g/mol.